The number of anilines is 1. The Hall–Kier alpha value is -1.07. The van der Waals surface area contributed by atoms with Gasteiger partial charge in [0.1, 0.15) is 0 Å². The van der Waals surface area contributed by atoms with Gasteiger partial charge in [-0.2, -0.15) is 0 Å². The highest BCUT2D eigenvalue weighted by Crippen LogP contribution is 2.20. The number of benzene rings is 1. The van der Waals surface area contributed by atoms with Gasteiger partial charge in [-0.15, -0.1) is 0 Å². The predicted molar refractivity (Wildman–Crippen MR) is 87.7 cm³/mol. The van der Waals surface area contributed by atoms with Crippen molar-refractivity contribution in [2.45, 2.75) is 44.0 Å². The van der Waals surface area contributed by atoms with Crippen molar-refractivity contribution in [2.24, 2.45) is 0 Å². The molecule has 1 N–H and O–H groups in total. The van der Waals surface area contributed by atoms with Gasteiger partial charge in [-0.25, -0.2) is 8.42 Å². The summed E-state index contributed by atoms with van der Waals surface area (Å²) in [7, 11) is -3.11. The lowest BCUT2D eigenvalue weighted by molar-refractivity contribution is 0.578. The van der Waals surface area contributed by atoms with Crippen molar-refractivity contribution >= 4 is 15.5 Å². The second kappa shape index (κ2) is 7.27. The second-order valence-electron chi connectivity index (χ2n) is 5.64. The molecule has 1 aliphatic heterocycles. The van der Waals surface area contributed by atoms with Crippen LogP contribution in [0.3, 0.4) is 0 Å². The van der Waals surface area contributed by atoms with Gasteiger partial charge >= 0.3 is 0 Å². The molecule has 0 saturated carbocycles. The molecule has 1 saturated heterocycles. The highest BCUT2D eigenvalue weighted by atomic mass is 32.2. The van der Waals surface area contributed by atoms with E-state index in [9.17, 15) is 8.42 Å². The van der Waals surface area contributed by atoms with E-state index < -0.39 is 9.84 Å². The van der Waals surface area contributed by atoms with Gasteiger partial charge in [0.25, 0.3) is 0 Å². The van der Waals surface area contributed by atoms with E-state index in [1.165, 1.54) is 12.8 Å². The van der Waals surface area contributed by atoms with Crippen molar-refractivity contribution in [1.82, 2.24) is 5.32 Å². The lowest BCUT2D eigenvalue weighted by Gasteiger charge is -2.27. The summed E-state index contributed by atoms with van der Waals surface area (Å²) >= 11 is 0. The van der Waals surface area contributed by atoms with E-state index in [1.807, 2.05) is 12.1 Å². The fourth-order valence-corrected chi connectivity index (χ4v) is 3.69. The van der Waals surface area contributed by atoms with Crippen LogP contribution in [0.5, 0.6) is 0 Å². The molecule has 21 heavy (non-hydrogen) atoms. The van der Waals surface area contributed by atoms with E-state index in [-0.39, 0.29) is 5.75 Å². The molecule has 0 radical (unpaired) electrons. The molecule has 4 nitrogen and oxygen atoms in total. The summed E-state index contributed by atoms with van der Waals surface area (Å²) in [6.07, 6.45) is 3.56. The molecule has 0 bridgehead atoms. The molecule has 1 aromatic carbocycles. The van der Waals surface area contributed by atoms with Crippen LogP contribution in [0, 0.1) is 0 Å². The number of hydrogen-bond donors (Lipinski definition) is 1. The fourth-order valence-electron chi connectivity index (χ4n) is 2.81. The molecule has 1 aliphatic rings. The van der Waals surface area contributed by atoms with Crippen LogP contribution < -0.4 is 10.2 Å². The second-order valence-corrected chi connectivity index (χ2v) is 7.91. The summed E-state index contributed by atoms with van der Waals surface area (Å²) in [6, 6.07) is 7.90. The molecule has 5 heteroatoms. The number of hydrogen-bond acceptors (Lipinski definition) is 4. The smallest absolute Gasteiger partial charge is 0.178 e. The van der Waals surface area contributed by atoms with Gasteiger partial charge in [0, 0.05) is 24.8 Å². The van der Waals surface area contributed by atoms with Crippen LogP contribution in [0.2, 0.25) is 0 Å². The Bertz CT molecular complexity index is 534. The molecular weight excluding hydrogens is 284 g/mol. The van der Waals surface area contributed by atoms with Crippen LogP contribution in [0.1, 0.15) is 33.1 Å². The summed E-state index contributed by atoms with van der Waals surface area (Å²) in [6.45, 7) is 6.95. The molecule has 2 rings (SSSR count). The van der Waals surface area contributed by atoms with Crippen molar-refractivity contribution in [3.8, 4) is 0 Å². The fraction of sp³-hybridized carbons (Fsp3) is 0.625. The normalized spacial score (nSPS) is 18.9. The molecule has 1 atom stereocenters. The zero-order valence-corrected chi connectivity index (χ0v) is 13.8. The standard InChI is InChI=1S/C16H26N2O2S/c1-3-12-18(13-14-6-5-11-17-14)15-7-9-16(10-8-15)21(19,20)4-2/h7-10,14,17H,3-6,11-13H2,1-2H3. The van der Waals surface area contributed by atoms with Gasteiger partial charge in [0.2, 0.25) is 0 Å². The molecule has 0 amide bonds. The molecule has 1 aromatic rings. The third-order valence-electron chi connectivity index (χ3n) is 4.04. The van der Waals surface area contributed by atoms with Gasteiger partial charge in [0.05, 0.1) is 10.6 Å². The van der Waals surface area contributed by atoms with Crippen molar-refractivity contribution in [3.05, 3.63) is 24.3 Å². The van der Waals surface area contributed by atoms with Crippen LogP contribution in [0.15, 0.2) is 29.2 Å². The monoisotopic (exact) mass is 310 g/mol. The molecule has 1 unspecified atom stereocenters. The number of nitrogens with one attached hydrogen (secondary N) is 1. The molecule has 0 spiro atoms. The zero-order valence-electron chi connectivity index (χ0n) is 13.0. The molecule has 0 aromatic heterocycles. The SMILES string of the molecule is CCCN(CC1CCCN1)c1ccc(S(=O)(=O)CC)cc1. The van der Waals surface area contributed by atoms with E-state index in [0.29, 0.717) is 10.9 Å². The lowest BCUT2D eigenvalue weighted by Crippen LogP contribution is -2.38. The minimum absolute atomic E-state index is 0.150. The predicted octanol–water partition coefficient (Wildman–Crippen LogP) is 2.45. The van der Waals surface area contributed by atoms with Crippen molar-refractivity contribution in [1.29, 1.82) is 0 Å². The maximum Gasteiger partial charge on any atom is 0.178 e. The topological polar surface area (TPSA) is 49.4 Å². The average molecular weight is 310 g/mol. The highest BCUT2D eigenvalue weighted by Gasteiger charge is 2.18. The Morgan fingerprint density at radius 2 is 1.95 bits per heavy atom. The first kappa shape index (κ1) is 16.3. The highest BCUT2D eigenvalue weighted by molar-refractivity contribution is 7.91. The van der Waals surface area contributed by atoms with Crippen molar-refractivity contribution < 1.29 is 8.42 Å². The Kier molecular flexibility index (Phi) is 5.65. The average Bonchev–Trinajstić information content (AvgIpc) is 3.00. The van der Waals surface area contributed by atoms with Crippen molar-refractivity contribution in [3.63, 3.8) is 0 Å². The van der Waals surface area contributed by atoms with Gasteiger partial charge in [-0.3, -0.25) is 0 Å². The summed E-state index contributed by atoms with van der Waals surface area (Å²) in [4.78, 5) is 2.77. The summed E-state index contributed by atoms with van der Waals surface area (Å²) in [5.74, 6) is 0.150. The number of sulfone groups is 1. The molecule has 1 heterocycles. The largest absolute Gasteiger partial charge is 0.370 e. The van der Waals surface area contributed by atoms with Crippen LogP contribution in [-0.4, -0.2) is 39.8 Å². The Morgan fingerprint density at radius 3 is 2.48 bits per heavy atom. The van der Waals surface area contributed by atoms with E-state index in [0.717, 1.165) is 31.7 Å². The van der Waals surface area contributed by atoms with E-state index >= 15 is 0 Å². The van der Waals surface area contributed by atoms with E-state index in [2.05, 4.69) is 17.1 Å². The maximum atomic E-state index is 11.9. The molecular formula is C16H26N2O2S. The molecule has 0 aliphatic carbocycles. The van der Waals surface area contributed by atoms with Crippen LogP contribution in [0.4, 0.5) is 5.69 Å². The third kappa shape index (κ3) is 4.20. The van der Waals surface area contributed by atoms with Gasteiger partial charge in [-0.1, -0.05) is 13.8 Å². The Balaban J connectivity index is 2.12. The molecule has 118 valence electrons. The van der Waals surface area contributed by atoms with Crippen LogP contribution in [0.25, 0.3) is 0 Å². The van der Waals surface area contributed by atoms with Gasteiger partial charge < -0.3 is 10.2 Å². The summed E-state index contributed by atoms with van der Waals surface area (Å²) in [5, 5.41) is 3.52. The zero-order chi connectivity index (χ0) is 15.3. The number of nitrogens with zero attached hydrogens (tertiary/aromatic N) is 1. The minimum atomic E-state index is -3.11. The maximum absolute atomic E-state index is 11.9. The van der Waals surface area contributed by atoms with E-state index in [1.54, 1.807) is 19.1 Å². The van der Waals surface area contributed by atoms with Crippen LogP contribution >= 0.6 is 0 Å². The van der Waals surface area contributed by atoms with Gasteiger partial charge in [0.15, 0.2) is 9.84 Å². The third-order valence-corrected chi connectivity index (χ3v) is 5.79. The first-order chi connectivity index (χ1) is 10.1. The minimum Gasteiger partial charge on any atom is -0.370 e. The quantitative estimate of drug-likeness (QED) is 0.840. The Labute approximate surface area is 128 Å². The first-order valence-corrected chi connectivity index (χ1v) is 9.53. The Morgan fingerprint density at radius 1 is 1.24 bits per heavy atom. The first-order valence-electron chi connectivity index (χ1n) is 7.88. The van der Waals surface area contributed by atoms with Crippen molar-refractivity contribution in [2.75, 3.05) is 30.3 Å². The van der Waals surface area contributed by atoms with Crippen LogP contribution in [-0.2, 0) is 9.84 Å². The van der Waals surface area contributed by atoms with Gasteiger partial charge in [-0.05, 0) is 50.1 Å². The number of rotatable bonds is 7. The van der Waals surface area contributed by atoms with E-state index in [4.69, 9.17) is 0 Å². The molecule has 1 fully saturated rings. The summed E-state index contributed by atoms with van der Waals surface area (Å²) in [5.41, 5.74) is 1.11. The summed E-state index contributed by atoms with van der Waals surface area (Å²) < 4.78 is 23.7. The lowest BCUT2D eigenvalue weighted by atomic mass is 10.2.